The topological polar surface area (TPSA) is 68.8 Å². The molecule has 0 spiro atoms. The third kappa shape index (κ3) is 9.30. The molecule has 0 aliphatic rings. The predicted octanol–water partition coefficient (Wildman–Crippen LogP) is 2.37. The van der Waals surface area contributed by atoms with E-state index in [1.165, 1.54) is 5.69 Å². The maximum absolute atomic E-state index is 11.7. The number of anilines is 1. The van der Waals surface area contributed by atoms with Gasteiger partial charge in [0.15, 0.2) is 5.96 Å². The summed E-state index contributed by atoms with van der Waals surface area (Å²) in [7, 11) is 0. The number of hydrogen-bond acceptors (Lipinski definition) is 3. The van der Waals surface area contributed by atoms with Gasteiger partial charge in [0.1, 0.15) is 0 Å². The van der Waals surface area contributed by atoms with Crippen LogP contribution >= 0.6 is 0 Å². The number of guanidine groups is 1. The molecular weight excluding hydrogens is 326 g/mol. The minimum atomic E-state index is 0.0600. The highest BCUT2D eigenvalue weighted by Gasteiger charge is 2.05. The molecule has 26 heavy (non-hydrogen) atoms. The van der Waals surface area contributed by atoms with Gasteiger partial charge in [0.2, 0.25) is 5.91 Å². The van der Waals surface area contributed by atoms with Crippen molar-refractivity contribution >= 4 is 17.6 Å². The molecule has 3 N–H and O–H groups in total. The van der Waals surface area contributed by atoms with Crippen LogP contribution in [0.25, 0.3) is 0 Å². The van der Waals surface area contributed by atoms with E-state index in [0.717, 1.165) is 38.6 Å². The Balaban J connectivity index is 2.37. The van der Waals surface area contributed by atoms with E-state index in [1.807, 2.05) is 26.8 Å². The average Bonchev–Trinajstić information content (AvgIpc) is 2.61. The minimum absolute atomic E-state index is 0.0600. The van der Waals surface area contributed by atoms with Crippen molar-refractivity contribution in [3.63, 3.8) is 0 Å². The van der Waals surface area contributed by atoms with Crippen molar-refractivity contribution in [2.45, 2.75) is 46.6 Å². The molecule has 0 atom stereocenters. The number of carbonyl (C=O) groups excluding carboxylic acids is 1. The first-order valence-corrected chi connectivity index (χ1v) is 9.68. The van der Waals surface area contributed by atoms with Crippen LogP contribution in [-0.2, 0) is 4.79 Å². The van der Waals surface area contributed by atoms with E-state index in [1.54, 1.807) is 0 Å². The number of nitrogens with zero attached hydrogens (tertiary/aromatic N) is 2. The third-order valence-corrected chi connectivity index (χ3v) is 3.80. The summed E-state index contributed by atoms with van der Waals surface area (Å²) in [5.41, 5.74) is 1.25. The van der Waals surface area contributed by atoms with Crippen LogP contribution in [0.4, 0.5) is 5.69 Å². The fourth-order valence-corrected chi connectivity index (χ4v) is 2.59. The molecule has 146 valence electrons. The van der Waals surface area contributed by atoms with E-state index in [2.05, 4.69) is 57.0 Å². The van der Waals surface area contributed by atoms with Crippen molar-refractivity contribution in [1.29, 1.82) is 0 Å². The van der Waals surface area contributed by atoms with Gasteiger partial charge in [-0.25, -0.2) is 0 Å². The number of nitrogens with one attached hydrogen (secondary N) is 3. The second-order valence-electron chi connectivity index (χ2n) is 6.43. The molecule has 6 nitrogen and oxygen atoms in total. The van der Waals surface area contributed by atoms with E-state index in [9.17, 15) is 4.79 Å². The molecule has 1 rings (SSSR count). The van der Waals surface area contributed by atoms with Crippen LogP contribution in [0.2, 0.25) is 0 Å². The van der Waals surface area contributed by atoms with Gasteiger partial charge in [-0.2, -0.15) is 0 Å². The Morgan fingerprint density at radius 3 is 2.50 bits per heavy atom. The minimum Gasteiger partial charge on any atom is -0.372 e. The van der Waals surface area contributed by atoms with Crippen molar-refractivity contribution in [2.75, 3.05) is 37.6 Å². The van der Waals surface area contributed by atoms with Crippen molar-refractivity contribution in [2.24, 2.45) is 4.99 Å². The van der Waals surface area contributed by atoms with Crippen LogP contribution in [0.15, 0.2) is 35.3 Å². The lowest BCUT2D eigenvalue weighted by Crippen LogP contribution is -2.40. The highest BCUT2D eigenvalue weighted by Crippen LogP contribution is 2.12. The summed E-state index contributed by atoms with van der Waals surface area (Å²) in [6.45, 7) is 12.2. The molecule has 0 saturated carbocycles. The number of rotatable bonds is 11. The van der Waals surface area contributed by atoms with E-state index in [-0.39, 0.29) is 11.9 Å². The van der Waals surface area contributed by atoms with Crippen LogP contribution in [0.1, 0.15) is 40.5 Å². The van der Waals surface area contributed by atoms with Crippen LogP contribution in [0.5, 0.6) is 0 Å². The lowest BCUT2D eigenvalue weighted by Gasteiger charge is -2.22. The van der Waals surface area contributed by atoms with E-state index >= 15 is 0 Å². The summed E-state index contributed by atoms with van der Waals surface area (Å²) in [4.78, 5) is 18.6. The summed E-state index contributed by atoms with van der Waals surface area (Å²) >= 11 is 0. The lowest BCUT2D eigenvalue weighted by atomic mass is 10.2. The highest BCUT2D eigenvalue weighted by molar-refractivity contribution is 5.81. The van der Waals surface area contributed by atoms with E-state index in [4.69, 9.17) is 0 Å². The fourth-order valence-electron chi connectivity index (χ4n) is 2.59. The summed E-state index contributed by atoms with van der Waals surface area (Å²) in [5.74, 6) is 0.831. The van der Waals surface area contributed by atoms with E-state index in [0.29, 0.717) is 13.0 Å². The number of aliphatic imine (C=N–C) groups is 1. The smallest absolute Gasteiger partial charge is 0.221 e. The fraction of sp³-hybridized carbons (Fsp3) is 0.600. The second kappa shape index (κ2) is 13.0. The van der Waals surface area contributed by atoms with Gasteiger partial charge in [0, 0.05) is 50.9 Å². The van der Waals surface area contributed by atoms with E-state index < -0.39 is 0 Å². The number of amides is 1. The standard InChI is InChI=1S/C20H35N5O/c1-5-21-20(23-15-13-19(26)24-17(3)4)22-14-10-16-25(6-2)18-11-8-7-9-12-18/h7-9,11-12,17H,5-6,10,13-16H2,1-4H3,(H,24,26)(H2,21,22,23). The van der Waals surface area contributed by atoms with Crippen molar-refractivity contribution in [3.05, 3.63) is 30.3 Å². The first-order chi connectivity index (χ1) is 12.6. The zero-order valence-corrected chi connectivity index (χ0v) is 16.7. The van der Waals surface area contributed by atoms with Gasteiger partial charge in [-0.3, -0.25) is 9.79 Å². The van der Waals surface area contributed by atoms with Crippen LogP contribution in [0.3, 0.4) is 0 Å². The van der Waals surface area contributed by atoms with Crippen LogP contribution in [-0.4, -0.2) is 50.6 Å². The number of benzene rings is 1. The SMILES string of the molecule is CCNC(=NCCCN(CC)c1ccccc1)NCCC(=O)NC(C)C. The van der Waals surface area contributed by atoms with Gasteiger partial charge in [0.25, 0.3) is 0 Å². The molecule has 0 fully saturated rings. The number of hydrogen-bond donors (Lipinski definition) is 3. The van der Waals surface area contributed by atoms with Crippen molar-refractivity contribution in [3.8, 4) is 0 Å². The first-order valence-electron chi connectivity index (χ1n) is 9.68. The maximum Gasteiger partial charge on any atom is 0.221 e. The molecule has 0 aliphatic carbocycles. The van der Waals surface area contributed by atoms with Gasteiger partial charge in [-0.1, -0.05) is 18.2 Å². The summed E-state index contributed by atoms with van der Waals surface area (Å²) in [6.07, 6.45) is 1.42. The van der Waals surface area contributed by atoms with Crippen molar-refractivity contribution < 1.29 is 4.79 Å². The largest absolute Gasteiger partial charge is 0.372 e. The zero-order valence-electron chi connectivity index (χ0n) is 16.7. The normalized spacial score (nSPS) is 11.3. The second-order valence-corrected chi connectivity index (χ2v) is 6.43. The Hall–Kier alpha value is -2.24. The predicted molar refractivity (Wildman–Crippen MR) is 111 cm³/mol. The summed E-state index contributed by atoms with van der Waals surface area (Å²) < 4.78 is 0. The van der Waals surface area contributed by atoms with Crippen LogP contribution < -0.4 is 20.9 Å². The maximum atomic E-state index is 11.7. The average molecular weight is 362 g/mol. The Morgan fingerprint density at radius 2 is 1.88 bits per heavy atom. The molecule has 0 bridgehead atoms. The van der Waals surface area contributed by atoms with Gasteiger partial charge < -0.3 is 20.9 Å². The first kappa shape index (κ1) is 21.8. The molecule has 1 aromatic rings. The third-order valence-electron chi connectivity index (χ3n) is 3.80. The molecule has 1 aromatic carbocycles. The molecule has 0 aliphatic heterocycles. The molecular formula is C20H35N5O. The van der Waals surface area contributed by atoms with Crippen LogP contribution in [0, 0.1) is 0 Å². The molecule has 1 amide bonds. The molecule has 0 heterocycles. The Kier molecular flexibility index (Phi) is 10.9. The molecule has 0 aromatic heterocycles. The lowest BCUT2D eigenvalue weighted by molar-refractivity contribution is -0.121. The molecule has 0 unspecified atom stereocenters. The molecule has 0 radical (unpaired) electrons. The summed E-state index contributed by atoms with van der Waals surface area (Å²) in [5, 5.41) is 9.34. The molecule has 6 heteroatoms. The van der Waals surface area contributed by atoms with Gasteiger partial charge in [0.05, 0.1) is 0 Å². The molecule has 0 saturated heterocycles. The van der Waals surface area contributed by atoms with Gasteiger partial charge in [-0.05, 0) is 46.2 Å². The summed E-state index contributed by atoms with van der Waals surface area (Å²) in [6, 6.07) is 10.6. The highest BCUT2D eigenvalue weighted by atomic mass is 16.1. The monoisotopic (exact) mass is 361 g/mol. The zero-order chi connectivity index (χ0) is 19.2. The van der Waals surface area contributed by atoms with Crippen molar-refractivity contribution in [1.82, 2.24) is 16.0 Å². The quantitative estimate of drug-likeness (QED) is 0.322. The van der Waals surface area contributed by atoms with Gasteiger partial charge >= 0.3 is 0 Å². The Morgan fingerprint density at radius 1 is 1.15 bits per heavy atom. The Bertz CT molecular complexity index is 530. The number of carbonyl (C=O) groups is 1. The number of para-hydroxylation sites is 1. The van der Waals surface area contributed by atoms with Gasteiger partial charge in [-0.15, -0.1) is 0 Å². The Labute approximate surface area is 158 Å².